The maximum atomic E-state index is 12.7. The lowest BCUT2D eigenvalue weighted by atomic mass is 10.2. The van der Waals surface area contributed by atoms with Gasteiger partial charge in [-0.05, 0) is 31.2 Å². The third-order valence-corrected chi connectivity index (χ3v) is 3.99. The Hall–Kier alpha value is -2.93. The zero-order valence-electron chi connectivity index (χ0n) is 14.3. The number of nitrogens with two attached hydrogens (primary N) is 1. The third-order valence-electron chi connectivity index (χ3n) is 3.99. The number of nitrogens with one attached hydrogen (secondary N) is 1. The molecule has 0 saturated carbocycles. The van der Waals surface area contributed by atoms with Gasteiger partial charge in [-0.3, -0.25) is 14.2 Å². The van der Waals surface area contributed by atoms with Crippen molar-refractivity contribution in [1.29, 1.82) is 0 Å². The highest BCUT2D eigenvalue weighted by Crippen LogP contribution is 2.08. The topological polar surface area (TPSA) is 95.6 Å². The number of benzene rings is 1. The number of quaternary nitrogens is 1. The predicted octanol–water partition coefficient (Wildman–Crippen LogP) is -0.00188. The molecule has 1 aromatic carbocycles. The number of hydrogen-bond donors (Lipinski definition) is 2. The molecule has 2 heterocycles. The van der Waals surface area contributed by atoms with Crippen LogP contribution in [0.5, 0.6) is 0 Å². The Morgan fingerprint density at radius 1 is 1.24 bits per heavy atom. The SMILES string of the molecule is Cc1ccc(C[NH+](C)Cc2nc3ccccc3c(=O)n2CC(N)=O)o1. The summed E-state index contributed by atoms with van der Waals surface area (Å²) in [4.78, 5) is 29.8. The van der Waals surface area contributed by atoms with Crippen LogP contribution >= 0.6 is 0 Å². The van der Waals surface area contributed by atoms with E-state index in [9.17, 15) is 9.59 Å². The van der Waals surface area contributed by atoms with E-state index >= 15 is 0 Å². The fourth-order valence-corrected chi connectivity index (χ4v) is 2.88. The van der Waals surface area contributed by atoms with E-state index in [4.69, 9.17) is 10.2 Å². The van der Waals surface area contributed by atoms with Crippen molar-refractivity contribution in [3.8, 4) is 0 Å². The number of carbonyl (C=O) groups excluding carboxylic acids is 1. The van der Waals surface area contributed by atoms with Crippen LogP contribution in [-0.2, 0) is 24.4 Å². The molecular weight excluding hydrogens is 320 g/mol. The molecule has 130 valence electrons. The molecule has 0 radical (unpaired) electrons. The second kappa shape index (κ2) is 6.90. The summed E-state index contributed by atoms with van der Waals surface area (Å²) in [6.07, 6.45) is 0. The van der Waals surface area contributed by atoms with Gasteiger partial charge < -0.3 is 15.1 Å². The fourth-order valence-electron chi connectivity index (χ4n) is 2.88. The molecule has 0 aliphatic rings. The van der Waals surface area contributed by atoms with Gasteiger partial charge in [0.05, 0.1) is 18.0 Å². The standard InChI is InChI=1S/C18H20N4O3/c1-12-7-8-13(25-12)9-21(2)11-17-20-15-6-4-3-5-14(15)18(24)22(17)10-16(19)23/h3-8H,9-11H2,1-2H3,(H2,19,23)/p+1. The van der Waals surface area contributed by atoms with Crippen LogP contribution in [0.3, 0.4) is 0 Å². The van der Waals surface area contributed by atoms with Gasteiger partial charge in [-0.2, -0.15) is 0 Å². The Labute approximate surface area is 144 Å². The average Bonchev–Trinajstić information content (AvgIpc) is 2.95. The summed E-state index contributed by atoms with van der Waals surface area (Å²) in [6.45, 7) is 2.83. The van der Waals surface area contributed by atoms with Gasteiger partial charge in [0.25, 0.3) is 5.56 Å². The first-order valence-corrected chi connectivity index (χ1v) is 8.07. The van der Waals surface area contributed by atoms with Crippen LogP contribution in [0.15, 0.2) is 45.6 Å². The van der Waals surface area contributed by atoms with Crippen LogP contribution in [0.4, 0.5) is 0 Å². The number of aryl methyl sites for hydroxylation is 1. The summed E-state index contributed by atoms with van der Waals surface area (Å²) < 4.78 is 6.96. The smallest absolute Gasteiger partial charge is 0.262 e. The predicted molar refractivity (Wildman–Crippen MR) is 92.9 cm³/mol. The lowest BCUT2D eigenvalue weighted by Gasteiger charge is -2.16. The maximum Gasteiger partial charge on any atom is 0.262 e. The molecule has 1 unspecified atom stereocenters. The van der Waals surface area contributed by atoms with Crippen molar-refractivity contribution in [2.75, 3.05) is 7.05 Å². The summed E-state index contributed by atoms with van der Waals surface area (Å²) in [5.41, 5.74) is 5.68. The molecule has 1 atom stereocenters. The normalized spacial score (nSPS) is 12.4. The quantitative estimate of drug-likeness (QED) is 0.660. The van der Waals surface area contributed by atoms with Crippen LogP contribution < -0.4 is 16.2 Å². The van der Waals surface area contributed by atoms with Crippen molar-refractivity contribution >= 4 is 16.8 Å². The van der Waals surface area contributed by atoms with Gasteiger partial charge >= 0.3 is 0 Å². The molecule has 25 heavy (non-hydrogen) atoms. The number of amides is 1. The Morgan fingerprint density at radius 2 is 2.00 bits per heavy atom. The van der Waals surface area contributed by atoms with Crippen molar-refractivity contribution in [3.05, 3.63) is 64.1 Å². The van der Waals surface area contributed by atoms with E-state index in [0.29, 0.717) is 29.8 Å². The van der Waals surface area contributed by atoms with E-state index in [-0.39, 0.29) is 12.1 Å². The molecule has 3 aromatic rings. The zero-order chi connectivity index (χ0) is 18.0. The molecule has 7 heteroatoms. The van der Waals surface area contributed by atoms with Crippen molar-refractivity contribution in [1.82, 2.24) is 9.55 Å². The van der Waals surface area contributed by atoms with Gasteiger partial charge in [0.15, 0.2) is 11.6 Å². The zero-order valence-corrected chi connectivity index (χ0v) is 14.3. The van der Waals surface area contributed by atoms with E-state index < -0.39 is 5.91 Å². The van der Waals surface area contributed by atoms with E-state index in [2.05, 4.69) is 4.98 Å². The minimum atomic E-state index is -0.570. The van der Waals surface area contributed by atoms with Gasteiger partial charge in [-0.1, -0.05) is 12.1 Å². The fraction of sp³-hybridized carbons (Fsp3) is 0.278. The van der Waals surface area contributed by atoms with Crippen molar-refractivity contribution in [2.24, 2.45) is 5.73 Å². The molecular formula is C18H21N4O3+. The van der Waals surface area contributed by atoms with E-state index in [0.717, 1.165) is 16.4 Å². The van der Waals surface area contributed by atoms with Gasteiger partial charge in [0.1, 0.15) is 25.4 Å². The van der Waals surface area contributed by atoms with E-state index in [1.807, 2.05) is 32.2 Å². The van der Waals surface area contributed by atoms with Crippen LogP contribution in [0.1, 0.15) is 17.3 Å². The molecule has 0 aliphatic carbocycles. The van der Waals surface area contributed by atoms with Gasteiger partial charge in [-0.15, -0.1) is 0 Å². The average molecular weight is 341 g/mol. The molecule has 0 saturated heterocycles. The molecule has 1 amide bonds. The number of carbonyl (C=O) groups is 1. The number of rotatable bonds is 6. The Morgan fingerprint density at radius 3 is 2.68 bits per heavy atom. The minimum Gasteiger partial charge on any atom is -0.460 e. The number of aromatic nitrogens is 2. The number of hydrogen-bond acceptors (Lipinski definition) is 4. The van der Waals surface area contributed by atoms with Crippen LogP contribution in [0.25, 0.3) is 10.9 Å². The van der Waals surface area contributed by atoms with Crippen LogP contribution in [-0.4, -0.2) is 22.5 Å². The lowest BCUT2D eigenvalue weighted by Crippen LogP contribution is -3.06. The number of nitrogens with zero attached hydrogens (tertiary/aromatic N) is 2. The molecule has 3 N–H and O–H groups in total. The summed E-state index contributed by atoms with van der Waals surface area (Å²) in [5.74, 6) is 1.68. The Balaban J connectivity index is 1.95. The highest BCUT2D eigenvalue weighted by Gasteiger charge is 2.17. The second-order valence-electron chi connectivity index (χ2n) is 6.23. The van der Waals surface area contributed by atoms with Crippen molar-refractivity contribution < 1.29 is 14.1 Å². The Kier molecular flexibility index (Phi) is 4.67. The second-order valence-corrected chi connectivity index (χ2v) is 6.23. The summed E-state index contributed by atoms with van der Waals surface area (Å²) in [7, 11) is 1.98. The minimum absolute atomic E-state index is 0.181. The number of furan rings is 1. The number of fused-ring (bicyclic) bond motifs is 1. The van der Waals surface area contributed by atoms with E-state index in [1.54, 1.807) is 18.2 Å². The van der Waals surface area contributed by atoms with Crippen molar-refractivity contribution in [2.45, 2.75) is 26.6 Å². The molecule has 0 spiro atoms. The molecule has 0 aliphatic heterocycles. The molecule has 3 rings (SSSR count). The highest BCUT2D eigenvalue weighted by molar-refractivity contribution is 5.78. The van der Waals surface area contributed by atoms with Crippen LogP contribution in [0, 0.1) is 6.92 Å². The third kappa shape index (κ3) is 3.77. The molecule has 0 fully saturated rings. The summed E-state index contributed by atoms with van der Waals surface area (Å²) >= 11 is 0. The summed E-state index contributed by atoms with van der Waals surface area (Å²) in [6, 6.07) is 11.0. The number of para-hydroxylation sites is 1. The van der Waals surface area contributed by atoms with Gasteiger partial charge in [0.2, 0.25) is 5.91 Å². The first-order valence-electron chi connectivity index (χ1n) is 8.07. The van der Waals surface area contributed by atoms with E-state index in [1.165, 1.54) is 4.57 Å². The monoisotopic (exact) mass is 341 g/mol. The first kappa shape index (κ1) is 16.9. The summed E-state index contributed by atoms with van der Waals surface area (Å²) in [5, 5.41) is 0.479. The maximum absolute atomic E-state index is 12.7. The molecule has 7 nitrogen and oxygen atoms in total. The lowest BCUT2D eigenvalue weighted by molar-refractivity contribution is -0.909. The van der Waals surface area contributed by atoms with Gasteiger partial charge in [0, 0.05) is 0 Å². The van der Waals surface area contributed by atoms with Gasteiger partial charge in [-0.25, -0.2) is 4.98 Å². The first-order chi connectivity index (χ1) is 11.9. The molecule has 2 aromatic heterocycles. The number of primary amides is 1. The van der Waals surface area contributed by atoms with Crippen molar-refractivity contribution in [3.63, 3.8) is 0 Å². The Bertz CT molecular complexity index is 974. The highest BCUT2D eigenvalue weighted by atomic mass is 16.3. The van der Waals surface area contributed by atoms with Crippen LogP contribution in [0.2, 0.25) is 0 Å². The molecule has 0 bridgehead atoms. The largest absolute Gasteiger partial charge is 0.460 e.